The van der Waals surface area contributed by atoms with Gasteiger partial charge in [-0.25, -0.2) is 0 Å². The number of rotatable bonds is 8. The van der Waals surface area contributed by atoms with Crippen molar-refractivity contribution in [3.05, 3.63) is 35.4 Å². The minimum atomic E-state index is 0.310. The second kappa shape index (κ2) is 16.3. The summed E-state index contributed by atoms with van der Waals surface area (Å²) in [6, 6.07) is 8.11. The maximum atomic E-state index is 12.2. The summed E-state index contributed by atoms with van der Waals surface area (Å²) in [6.07, 6.45) is 6.44. The Kier molecular flexibility index (Phi) is 17.1. The smallest absolute Gasteiger partial charge is 0.163 e. The number of aryl methyl sites for hydroxylation is 1. The monoisotopic (exact) mass is 306 g/mol. The number of ketones is 1. The molecule has 0 aromatic heterocycles. The summed E-state index contributed by atoms with van der Waals surface area (Å²) in [7, 11) is 0. The predicted molar refractivity (Wildman–Crippen MR) is 101 cm³/mol. The van der Waals surface area contributed by atoms with Gasteiger partial charge in [-0.2, -0.15) is 0 Å². The van der Waals surface area contributed by atoms with Crippen molar-refractivity contribution in [1.82, 2.24) is 0 Å². The molecular formula is C21H38O. The fourth-order valence-corrected chi connectivity index (χ4v) is 2.47. The summed E-state index contributed by atoms with van der Waals surface area (Å²) in [6.45, 7) is 14.5. The molecule has 1 aromatic rings. The Morgan fingerprint density at radius 2 is 1.32 bits per heavy atom. The molecule has 1 nitrogen and oxygen atoms in total. The Balaban J connectivity index is 0. The van der Waals surface area contributed by atoms with E-state index < -0.39 is 0 Å². The number of carbonyl (C=O) groups is 1. The molecule has 0 aliphatic rings. The highest BCUT2D eigenvalue weighted by atomic mass is 16.1. The topological polar surface area (TPSA) is 17.1 Å². The van der Waals surface area contributed by atoms with E-state index in [-0.39, 0.29) is 0 Å². The van der Waals surface area contributed by atoms with E-state index in [0.717, 1.165) is 12.0 Å². The first kappa shape index (κ1) is 23.2. The normalized spacial score (nSPS) is 9.45. The lowest BCUT2D eigenvalue weighted by Crippen LogP contribution is -2.09. The highest BCUT2D eigenvalue weighted by Gasteiger charge is 2.13. The number of hydrogen-bond acceptors (Lipinski definition) is 1. The van der Waals surface area contributed by atoms with Gasteiger partial charge in [0.1, 0.15) is 0 Å². The van der Waals surface area contributed by atoms with E-state index >= 15 is 0 Å². The van der Waals surface area contributed by atoms with Crippen LogP contribution in [0.1, 0.15) is 96.5 Å². The van der Waals surface area contributed by atoms with E-state index in [1.54, 1.807) is 0 Å². The molecule has 0 aliphatic carbocycles. The van der Waals surface area contributed by atoms with Gasteiger partial charge in [0.2, 0.25) is 0 Å². The molecule has 0 heterocycles. The van der Waals surface area contributed by atoms with Crippen molar-refractivity contribution in [2.24, 2.45) is 5.92 Å². The lowest BCUT2D eigenvalue weighted by atomic mass is 9.90. The maximum Gasteiger partial charge on any atom is 0.163 e. The minimum Gasteiger partial charge on any atom is -0.294 e. The Morgan fingerprint density at radius 1 is 0.864 bits per heavy atom. The van der Waals surface area contributed by atoms with Gasteiger partial charge < -0.3 is 0 Å². The molecule has 22 heavy (non-hydrogen) atoms. The second-order valence-electron chi connectivity index (χ2n) is 5.12. The SMILES string of the molecule is CC.CC.CCCC(CCC)CC(=O)c1ccc(CC)cc1. The van der Waals surface area contributed by atoms with Crippen LogP contribution in [-0.2, 0) is 6.42 Å². The molecule has 0 aliphatic heterocycles. The van der Waals surface area contributed by atoms with Crippen LogP contribution in [0.4, 0.5) is 0 Å². The van der Waals surface area contributed by atoms with Crippen molar-refractivity contribution < 1.29 is 4.79 Å². The van der Waals surface area contributed by atoms with Gasteiger partial charge in [-0.3, -0.25) is 4.79 Å². The molecule has 0 radical (unpaired) electrons. The summed E-state index contributed by atoms with van der Waals surface area (Å²) >= 11 is 0. The fourth-order valence-electron chi connectivity index (χ4n) is 2.47. The molecule has 0 amide bonds. The molecule has 0 unspecified atom stereocenters. The van der Waals surface area contributed by atoms with E-state index in [1.165, 1.54) is 31.2 Å². The van der Waals surface area contributed by atoms with Crippen LogP contribution in [0, 0.1) is 5.92 Å². The molecule has 0 spiro atoms. The number of benzene rings is 1. The fraction of sp³-hybridized carbons (Fsp3) is 0.667. The van der Waals surface area contributed by atoms with Crippen molar-refractivity contribution >= 4 is 5.78 Å². The average molecular weight is 307 g/mol. The number of carbonyl (C=O) groups excluding carboxylic acids is 1. The number of hydrogen-bond donors (Lipinski definition) is 0. The van der Waals surface area contributed by atoms with Gasteiger partial charge in [-0.15, -0.1) is 0 Å². The molecule has 1 rings (SSSR count). The van der Waals surface area contributed by atoms with Gasteiger partial charge in [0.05, 0.1) is 0 Å². The van der Waals surface area contributed by atoms with Gasteiger partial charge in [0, 0.05) is 12.0 Å². The number of Topliss-reactive ketones (excluding diaryl/α,β-unsaturated/α-hetero) is 1. The zero-order chi connectivity index (χ0) is 17.4. The van der Waals surface area contributed by atoms with Crippen LogP contribution in [0.5, 0.6) is 0 Å². The second-order valence-corrected chi connectivity index (χ2v) is 5.12. The van der Waals surface area contributed by atoms with Gasteiger partial charge in [-0.1, -0.05) is 98.4 Å². The molecule has 0 N–H and O–H groups in total. The van der Waals surface area contributed by atoms with E-state index in [4.69, 9.17) is 0 Å². The minimum absolute atomic E-state index is 0.310. The Labute approximate surface area is 139 Å². The van der Waals surface area contributed by atoms with Crippen molar-refractivity contribution in [3.8, 4) is 0 Å². The van der Waals surface area contributed by atoms with E-state index in [2.05, 4.69) is 32.9 Å². The molecular weight excluding hydrogens is 268 g/mol. The first-order valence-electron chi connectivity index (χ1n) is 9.33. The summed E-state index contributed by atoms with van der Waals surface area (Å²) in [5.74, 6) is 0.878. The Hall–Kier alpha value is -1.11. The standard InChI is InChI=1S/C17H26O.2C2H6/c1-4-7-15(8-5-2)13-17(18)16-11-9-14(6-3)10-12-16;2*1-2/h9-12,15H,4-8,13H2,1-3H3;2*1-2H3. The van der Waals surface area contributed by atoms with Crippen LogP contribution >= 0.6 is 0 Å². The molecule has 1 heteroatoms. The van der Waals surface area contributed by atoms with E-state index in [9.17, 15) is 4.79 Å². The van der Waals surface area contributed by atoms with E-state index in [1.807, 2.05) is 39.8 Å². The molecule has 0 atom stereocenters. The average Bonchev–Trinajstić information content (AvgIpc) is 2.59. The third kappa shape index (κ3) is 9.76. The summed E-state index contributed by atoms with van der Waals surface area (Å²) in [5, 5.41) is 0. The molecule has 0 fully saturated rings. The van der Waals surface area contributed by atoms with E-state index in [0.29, 0.717) is 18.1 Å². The maximum absolute atomic E-state index is 12.2. The van der Waals surface area contributed by atoms with Gasteiger partial charge >= 0.3 is 0 Å². The zero-order valence-corrected chi connectivity index (χ0v) is 16.0. The highest BCUT2D eigenvalue weighted by Crippen LogP contribution is 2.20. The molecule has 0 saturated carbocycles. The summed E-state index contributed by atoms with van der Waals surface area (Å²) < 4.78 is 0. The summed E-state index contributed by atoms with van der Waals surface area (Å²) in [5.41, 5.74) is 2.18. The van der Waals surface area contributed by atoms with Crippen molar-refractivity contribution in [1.29, 1.82) is 0 Å². The van der Waals surface area contributed by atoms with Crippen LogP contribution in [0.2, 0.25) is 0 Å². The van der Waals surface area contributed by atoms with Crippen LogP contribution < -0.4 is 0 Å². The highest BCUT2D eigenvalue weighted by molar-refractivity contribution is 5.96. The first-order chi connectivity index (χ1) is 10.7. The Morgan fingerprint density at radius 3 is 1.68 bits per heavy atom. The van der Waals surface area contributed by atoms with Gasteiger partial charge in [0.25, 0.3) is 0 Å². The lowest BCUT2D eigenvalue weighted by Gasteiger charge is -2.14. The molecule has 0 saturated heterocycles. The zero-order valence-electron chi connectivity index (χ0n) is 16.0. The van der Waals surface area contributed by atoms with Crippen LogP contribution in [0.3, 0.4) is 0 Å². The van der Waals surface area contributed by atoms with Crippen molar-refractivity contribution in [2.75, 3.05) is 0 Å². The largest absolute Gasteiger partial charge is 0.294 e. The third-order valence-corrected chi connectivity index (χ3v) is 3.55. The lowest BCUT2D eigenvalue weighted by molar-refractivity contribution is 0.0956. The quantitative estimate of drug-likeness (QED) is 0.468. The van der Waals surface area contributed by atoms with Crippen LogP contribution in [-0.4, -0.2) is 5.78 Å². The molecule has 1 aromatic carbocycles. The molecule has 0 bridgehead atoms. The van der Waals surface area contributed by atoms with Gasteiger partial charge in [0.15, 0.2) is 5.78 Å². The van der Waals surface area contributed by atoms with Gasteiger partial charge in [-0.05, 0) is 17.9 Å². The van der Waals surface area contributed by atoms with Crippen molar-refractivity contribution in [3.63, 3.8) is 0 Å². The van der Waals surface area contributed by atoms with Crippen molar-refractivity contribution in [2.45, 2.75) is 87.0 Å². The van der Waals surface area contributed by atoms with Crippen LogP contribution in [0.25, 0.3) is 0 Å². The molecule has 128 valence electrons. The Bertz CT molecular complexity index is 345. The first-order valence-corrected chi connectivity index (χ1v) is 9.33. The third-order valence-electron chi connectivity index (χ3n) is 3.55. The van der Waals surface area contributed by atoms with Crippen LogP contribution in [0.15, 0.2) is 24.3 Å². The summed E-state index contributed by atoms with van der Waals surface area (Å²) in [4.78, 5) is 12.2. The predicted octanol–water partition coefficient (Wildman–Crippen LogP) is 7.09.